The summed E-state index contributed by atoms with van der Waals surface area (Å²) in [4.78, 5) is 10.3. The Kier molecular flexibility index (Phi) is 2.13. The second-order valence-electron chi connectivity index (χ2n) is 1.94. The molecular weight excluding hydrogens is 118 g/mol. The zero-order chi connectivity index (χ0) is 7.49. The summed E-state index contributed by atoms with van der Waals surface area (Å²) >= 11 is 0. The molecule has 0 heterocycles. The number of carboxylic acids is 1. The minimum Gasteiger partial charge on any atom is -0.480 e. The Morgan fingerprint density at radius 1 is 1.89 bits per heavy atom. The molecule has 0 rings (SSSR count). The van der Waals surface area contributed by atoms with Crippen LogP contribution in [0.5, 0.6) is 0 Å². The van der Waals surface area contributed by atoms with E-state index in [1.165, 1.54) is 13.0 Å². The smallest absolute Gasteiger partial charge is 0.318 e. The lowest BCUT2D eigenvalue weighted by Gasteiger charge is -2.11. The van der Waals surface area contributed by atoms with Crippen LogP contribution < -0.4 is 0 Å². The van der Waals surface area contributed by atoms with Crippen LogP contribution in [-0.2, 0) is 4.79 Å². The first-order chi connectivity index (χ1) is 4.06. The Morgan fingerprint density at radius 2 is 2.33 bits per heavy atom. The molecule has 3 nitrogen and oxygen atoms in total. The van der Waals surface area contributed by atoms with Crippen molar-refractivity contribution in [2.45, 2.75) is 6.92 Å². The van der Waals surface area contributed by atoms with E-state index in [2.05, 4.69) is 6.58 Å². The molecule has 0 aromatic carbocycles. The minimum atomic E-state index is -1.19. The molecule has 2 N–H and O–H groups in total. The van der Waals surface area contributed by atoms with Crippen molar-refractivity contribution in [3.05, 3.63) is 12.7 Å². The van der Waals surface area contributed by atoms with Crippen LogP contribution in [-0.4, -0.2) is 17.3 Å². The van der Waals surface area contributed by atoms with Gasteiger partial charge in [-0.25, -0.2) is 0 Å². The van der Waals surface area contributed by atoms with Crippen LogP contribution in [0.3, 0.4) is 0 Å². The van der Waals surface area contributed by atoms with Gasteiger partial charge in [0.1, 0.15) is 5.41 Å². The maximum atomic E-state index is 10.3. The molecule has 1 unspecified atom stereocenters. The summed E-state index contributed by atoms with van der Waals surface area (Å²) in [6, 6.07) is 0. The van der Waals surface area contributed by atoms with Gasteiger partial charge in [0.05, 0.1) is 0 Å². The second-order valence-corrected chi connectivity index (χ2v) is 1.94. The molecule has 0 amide bonds. The number of carbonyl (C=O) groups is 1. The molecule has 0 aliphatic heterocycles. The van der Waals surface area contributed by atoms with Gasteiger partial charge in [-0.2, -0.15) is 0 Å². The summed E-state index contributed by atoms with van der Waals surface area (Å²) in [5, 5.41) is 15.1. The summed E-state index contributed by atoms with van der Waals surface area (Å²) in [6.45, 7) is 4.70. The molecule has 3 heteroatoms. The van der Waals surface area contributed by atoms with Gasteiger partial charge >= 0.3 is 5.97 Å². The Balaban J connectivity index is 4.46. The van der Waals surface area contributed by atoms with Gasteiger partial charge in [0.2, 0.25) is 0 Å². The van der Waals surface area contributed by atoms with Gasteiger partial charge in [0, 0.05) is 6.21 Å². The lowest BCUT2D eigenvalue weighted by atomic mass is 9.93. The van der Waals surface area contributed by atoms with Crippen LogP contribution in [0.25, 0.3) is 0 Å². The molecule has 1 atom stereocenters. The van der Waals surface area contributed by atoms with Crippen molar-refractivity contribution in [1.82, 2.24) is 0 Å². The predicted octanol–water partition coefficient (Wildman–Crippen LogP) is 0.913. The molecule has 0 bridgehead atoms. The number of nitrogens with one attached hydrogen (secondary N) is 1. The van der Waals surface area contributed by atoms with Crippen LogP contribution in [0.4, 0.5) is 0 Å². The van der Waals surface area contributed by atoms with E-state index in [-0.39, 0.29) is 0 Å². The highest BCUT2D eigenvalue weighted by Gasteiger charge is 2.25. The normalized spacial score (nSPS) is 15.7. The Bertz CT molecular complexity index is 143. The number of aliphatic carboxylic acids is 1. The molecule has 0 radical (unpaired) electrons. The molecule has 0 aromatic heterocycles. The summed E-state index contributed by atoms with van der Waals surface area (Å²) in [6.07, 6.45) is 2.07. The maximum absolute atomic E-state index is 10.3. The SMILES string of the molecule is C=CC(C)(C=N)C(=O)O. The highest BCUT2D eigenvalue weighted by molar-refractivity contribution is 5.94. The van der Waals surface area contributed by atoms with E-state index < -0.39 is 11.4 Å². The van der Waals surface area contributed by atoms with Crippen molar-refractivity contribution in [1.29, 1.82) is 5.41 Å². The Morgan fingerprint density at radius 3 is 2.33 bits per heavy atom. The highest BCUT2D eigenvalue weighted by Crippen LogP contribution is 2.12. The number of hydrogen-bond donors (Lipinski definition) is 2. The molecule has 9 heavy (non-hydrogen) atoms. The van der Waals surface area contributed by atoms with Gasteiger partial charge in [-0.3, -0.25) is 4.79 Å². The van der Waals surface area contributed by atoms with Crippen LogP contribution in [0.2, 0.25) is 0 Å². The fourth-order valence-electron chi connectivity index (χ4n) is 0.208. The Labute approximate surface area is 53.5 Å². The standard InChI is InChI=1S/C6H9NO2/c1-3-6(2,4-7)5(8)9/h3-4,7H,1H2,2H3,(H,8,9). The van der Waals surface area contributed by atoms with Gasteiger partial charge in [-0.1, -0.05) is 6.08 Å². The monoisotopic (exact) mass is 127 g/mol. The van der Waals surface area contributed by atoms with E-state index >= 15 is 0 Å². The zero-order valence-electron chi connectivity index (χ0n) is 5.22. The first-order valence-corrected chi connectivity index (χ1v) is 2.45. The van der Waals surface area contributed by atoms with Crippen LogP contribution in [0, 0.1) is 10.8 Å². The van der Waals surface area contributed by atoms with Crippen molar-refractivity contribution in [2.24, 2.45) is 5.41 Å². The largest absolute Gasteiger partial charge is 0.480 e. The molecule has 50 valence electrons. The second kappa shape index (κ2) is 2.44. The first kappa shape index (κ1) is 7.88. The fraction of sp³-hybridized carbons (Fsp3) is 0.333. The maximum Gasteiger partial charge on any atom is 0.318 e. The molecule has 0 saturated heterocycles. The number of hydrogen-bond acceptors (Lipinski definition) is 2. The third-order valence-electron chi connectivity index (χ3n) is 1.18. The van der Waals surface area contributed by atoms with Crippen molar-refractivity contribution in [3.8, 4) is 0 Å². The molecule has 0 spiro atoms. The first-order valence-electron chi connectivity index (χ1n) is 2.45. The lowest BCUT2D eigenvalue weighted by Crippen LogP contribution is -2.25. The van der Waals surface area contributed by atoms with Crippen molar-refractivity contribution < 1.29 is 9.90 Å². The number of carboxylic acid groups (broad SMARTS) is 1. The average Bonchev–Trinajstić information content (AvgIpc) is 1.86. The summed E-state index contributed by atoms with van der Waals surface area (Å²) in [5.74, 6) is -1.05. The van der Waals surface area contributed by atoms with E-state index in [1.54, 1.807) is 0 Å². The topological polar surface area (TPSA) is 61.2 Å². The van der Waals surface area contributed by atoms with Gasteiger partial charge in [0.15, 0.2) is 0 Å². The highest BCUT2D eigenvalue weighted by atomic mass is 16.4. The third kappa shape index (κ3) is 1.38. The van der Waals surface area contributed by atoms with Gasteiger partial charge < -0.3 is 10.5 Å². The zero-order valence-corrected chi connectivity index (χ0v) is 5.22. The molecular formula is C6H9NO2. The molecule has 0 saturated carbocycles. The van der Waals surface area contributed by atoms with E-state index in [1.807, 2.05) is 0 Å². The van der Waals surface area contributed by atoms with Gasteiger partial charge in [-0.15, -0.1) is 6.58 Å². The molecule has 0 fully saturated rings. The lowest BCUT2D eigenvalue weighted by molar-refractivity contribution is -0.141. The minimum absolute atomic E-state index is 0.850. The number of rotatable bonds is 3. The quantitative estimate of drug-likeness (QED) is 0.437. The van der Waals surface area contributed by atoms with E-state index in [0.717, 1.165) is 6.21 Å². The van der Waals surface area contributed by atoms with Gasteiger partial charge in [-0.05, 0) is 6.92 Å². The summed E-state index contributed by atoms with van der Waals surface area (Å²) < 4.78 is 0. The van der Waals surface area contributed by atoms with Crippen molar-refractivity contribution in [2.75, 3.05) is 0 Å². The van der Waals surface area contributed by atoms with Crippen LogP contribution >= 0.6 is 0 Å². The van der Waals surface area contributed by atoms with E-state index in [9.17, 15) is 4.79 Å². The van der Waals surface area contributed by atoms with Gasteiger partial charge in [0.25, 0.3) is 0 Å². The molecule has 0 aliphatic rings. The van der Waals surface area contributed by atoms with Crippen molar-refractivity contribution >= 4 is 12.2 Å². The average molecular weight is 127 g/mol. The van der Waals surface area contributed by atoms with Crippen LogP contribution in [0.15, 0.2) is 12.7 Å². The van der Waals surface area contributed by atoms with Crippen LogP contribution in [0.1, 0.15) is 6.92 Å². The van der Waals surface area contributed by atoms with Crippen molar-refractivity contribution in [3.63, 3.8) is 0 Å². The Hall–Kier alpha value is -1.12. The molecule has 0 aliphatic carbocycles. The van der Waals surface area contributed by atoms with E-state index in [4.69, 9.17) is 10.5 Å². The summed E-state index contributed by atoms with van der Waals surface area (Å²) in [7, 11) is 0. The predicted molar refractivity (Wildman–Crippen MR) is 34.7 cm³/mol. The molecule has 0 aromatic rings. The fourth-order valence-corrected chi connectivity index (χ4v) is 0.208. The third-order valence-corrected chi connectivity index (χ3v) is 1.18. The summed E-state index contributed by atoms with van der Waals surface area (Å²) in [5.41, 5.74) is -1.19. The van der Waals surface area contributed by atoms with E-state index in [0.29, 0.717) is 0 Å².